The van der Waals surface area contributed by atoms with Crippen molar-refractivity contribution in [3.05, 3.63) is 276 Å². The molecule has 0 aliphatic heterocycles. The van der Waals surface area contributed by atoms with E-state index in [9.17, 15) is 19.5 Å². The number of furan rings is 1. The number of thiophene rings is 3. The third-order valence-electron chi connectivity index (χ3n) is 17.8. The Morgan fingerprint density at radius 3 is 1.39 bits per heavy atom. The van der Waals surface area contributed by atoms with Crippen LogP contribution in [-0.4, -0.2) is 52.6 Å². The number of carbonyl (C=O) groups excluding carboxylic acids is 3. The van der Waals surface area contributed by atoms with E-state index >= 15 is 0 Å². The summed E-state index contributed by atoms with van der Waals surface area (Å²) in [5.74, 6) is 0.422. The van der Waals surface area contributed by atoms with Gasteiger partial charge in [-0.3, -0.25) is 29.3 Å². The molecule has 0 saturated heterocycles. The summed E-state index contributed by atoms with van der Waals surface area (Å²) in [6.07, 6.45) is 7.24. The van der Waals surface area contributed by atoms with Gasteiger partial charge in [0.25, 0.3) is 0 Å². The van der Waals surface area contributed by atoms with E-state index in [1.165, 1.54) is 108 Å². The fourth-order valence-corrected chi connectivity index (χ4v) is 15.3. The van der Waals surface area contributed by atoms with Crippen LogP contribution >= 0.6 is 34.0 Å². The summed E-state index contributed by atoms with van der Waals surface area (Å²) in [5.41, 5.74) is 20.5. The smallest absolute Gasteiger partial charge is 0.227 e. The average Bonchev–Trinajstić information content (AvgIpc) is 1.62. The van der Waals surface area contributed by atoms with E-state index in [-0.39, 0.29) is 112 Å². The first-order valence-corrected chi connectivity index (χ1v) is 38.5. The van der Waals surface area contributed by atoms with Gasteiger partial charge in [-0.2, -0.15) is 0 Å². The first kappa shape index (κ1) is 90.1. The second kappa shape index (κ2) is 42.6. The van der Waals surface area contributed by atoms with Crippen LogP contribution in [0.4, 0.5) is 0 Å². The van der Waals surface area contributed by atoms with E-state index in [1.54, 1.807) is 34.0 Å². The maximum absolute atomic E-state index is 11.7. The van der Waals surface area contributed by atoms with Gasteiger partial charge in [0.15, 0.2) is 17.3 Å². The molecule has 14 aromatic rings. The van der Waals surface area contributed by atoms with Gasteiger partial charge in [0.05, 0.1) is 47.9 Å². The van der Waals surface area contributed by atoms with Gasteiger partial charge in [0, 0.05) is 133 Å². The van der Waals surface area contributed by atoms with E-state index in [4.69, 9.17) is 29.6 Å². The Hall–Kier alpha value is -8.82. The minimum Gasteiger partial charge on any atom is -0.512 e. The molecule has 11 nitrogen and oxygen atoms in total. The van der Waals surface area contributed by atoms with E-state index in [2.05, 4.69) is 210 Å². The van der Waals surface area contributed by atoms with Crippen LogP contribution in [0.1, 0.15) is 130 Å². The molecule has 6 aromatic carbocycles. The summed E-state index contributed by atoms with van der Waals surface area (Å²) >= 11 is 5.34. The first-order valence-electron chi connectivity index (χ1n) is 36.1. The van der Waals surface area contributed by atoms with Gasteiger partial charge in [0.2, 0.25) is 5.71 Å². The van der Waals surface area contributed by atoms with Crippen LogP contribution in [0.3, 0.4) is 0 Å². The molecular weight excluding hydrogens is 1960 g/mol. The minimum atomic E-state index is -0.125. The quantitative estimate of drug-likeness (QED) is 0.0506. The molecule has 0 unspecified atom stereocenters. The minimum absolute atomic E-state index is 0. The van der Waals surface area contributed by atoms with E-state index in [0.29, 0.717) is 5.71 Å². The van der Waals surface area contributed by atoms with Crippen molar-refractivity contribution in [1.82, 2.24) is 19.9 Å². The van der Waals surface area contributed by atoms with Crippen molar-refractivity contribution in [2.24, 2.45) is 11.8 Å². The second-order valence-electron chi connectivity index (χ2n) is 27.4. The predicted molar refractivity (Wildman–Crippen MR) is 449 cm³/mol. The number of aliphatic hydroxyl groups is 3. The molecule has 8 aromatic heterocycles. The summed E-state index contributed by atoms with van der Waals surface area (Å²) in [7, 11) is 0. The standard InChI is InChI=1S/C27H19N2OS.C23H20NS.C20H14NS.C13H24O2.2C5H8O2.3Ir/c1-15-13-20-19-10-9-16(2)28-27(19)30-26(20)17(3)25(15)24-14-22-23(31-24)12-11-21(29-22)18-7-5-4-6-8-18;1-23(2,3)18-11-9-16(10-12-18)19-13-14-21-20(24-19)15-22(25-21)17-7-5-4-6-8-17;1-14-6-5-9-16(12-14)17-10-11-19-18(21-17)13-20(22-19)15-7-3-2-4-8-15;1-5-10(6-2)12(14)9-13(15)11(7-3)8-4;2*1-4(6)3-5(2)7;;;/h4-7,9-14H,1-3H3;4-9,11-15H,1-3H3;2-8,10-13H,1H3;9-11,14H,5-8H2,1-4H3;2*3,6H,1-2H3;;;/q3*-1;;;;;;. The molecule has 0 bridgehead atoms. The van der Waals surface area contributed by atoms with Crippen LogP contribution in [0, 0.1) is 57.7 Å². The Kier molecular flexibility index (Phi) is 34.8. The summed E-state index contributed by atoms with van der Waals surface area (Å²) in [4.78, 5) is 54.6. The van der Waals surface area contributed by atoms with Gasteiger partial charge >= 0.3 is 0 Å². The van der Waals surface area contributed by atoms with Crippen molar-refractivity contribution in [3.63, 3.8) is 0 Å². The zero-order valence-electron chi connectivity index (χ0n) is 64.7. The van der Waals surface area contributed by atoms with Crippen LogP contribution in [0.2, 0.25) is 0 Å². The number of aliphatic hydroxyl groups excluding tert-OH is 3. The number of pyridine rings is 4. The van der Waals surface area contributed by atoms with Crippen molar-refractivity contribution >= 4 is 104 Å². The molecule has 3 N–H and O–H groups in total. The van der Waals surface area contributed by atoms with Gasteiger partial charge < -0.3 is 19.7 Å². The van der Waals surface area contributed by atoms with Crippen LogP contribution in [0.25, 0.3) is 118 Å². The van der Waals surface area contributed by atoms with Crippen molar-refractivity contribution in [2.75, 3.05) is 0 Å². The molecule has 0 aliphatic rings. The van der Waals surface area contributed by atoms with Gasteiger partial charge in [-0.25, -0.2) is 4.98 Å². The van der Waals surface area contributed by atoms with Crippen molar-refractivity contribution in [2.45, 2.75) is 135 Å². The number of aryl methyl sites for hydroxylation is 4. The molecule has 575 valence electrons. The Morgan fingerprint density at radius 2 is 0.955 bits per heavy atom. The third kappa shape index (κ3) is 24.6. The summed E-state index contributed by atoms with van der Waals surface area (Å²) in [6.45, 7) is 28.8. The van der Waals surface area contributed by atoms with Gasteiger partial charge in [0.1, 0.15) is 5.58 Å². The number of hydrogen-bond acceptors (Lipinski definition) is 14. The Bertz CT molecular complexity index is 5440. The molecule has 110 heavy (non-hydrogen) atoms. The van der Waals surface area contributed by atoms with Gasteiger partial charge in [-0.05, 0) is 168 Å². The third-order valence-corrected chi connectivity index (χ3v) is 21.2. The predicted octanol–water partition coefficient (Wildman–Crippen LogP) is 26.1. The molecular formula is C93H93Ir3N4O7S3-3. The fraction of sp³-hybridized carbons (Fsp3) is 0.237. The molecule has 8 heterocycles. The summed E-state index contributed by atoms with van der Waals surface area (Å²) in [6, 6.07) is 77.0. The van der Waals surface area contributed by atoms with Gasteiger partial charge in [-0.15, -0.1) is 141 Å². The summed E-state index contributed by atoms with van der Waals surface area (Å²) in [5, 5.41) is 28.7. The summed E-state index contributed by atoms with van der Waals surface area (Å²) < 4.78 is 9.82. The zero-order valence-corrected chi connectivity index (χ0v) is 74.3. The normalized spacial score (nSPS) is 11.3. The Labute approximate surface area is 699 Å². The SMILES string of the molecule is CC(=O)C=C(C)O.CC(=O)C=C(C)O.CC(C)(C)c1c[c-]c(-c2ccc3sc(-c4ccccc4)cc3n2)cc1.CCC(CC)C(=O)C=C(O)C(CC)CC.Cc1cc[c-]c(-c2ccc3sc(-c4ccccc4)cc3n2)c1.Cc1ccc2c(n1)oc1c(C)c(-c3cc4nc(-c5[c-]cccc5)ccc4s3)c(C)cc12.[Ir].[Ir].[Ir]. The number of ketones is 3. The molecule has 0 aliphatic carbocycles. The van der Waals surface area contributed by atoms with E-state index in [0.717, 1.165) is 104 Å². The molecule has 17 heteroatoms. The molecule has 3 radical (unpaired) electrons. The van der Waals surface area contributed by atoms with Crippen LogP contribution < -0.4 is 0 Å². The molecule has 0 fully saturated rings. The molecule has 0 amide bonds. The molecule has 0 spiro atoms. The van der Waals surface area contributed by atoms with Crippen LogP contribution in [0.15, 0.2) is 234 Å². The number of fused-ring (bicyclic) bond motifs is 6. The molecule has 0 saturated carbocycles. The topological polar surface area (TPSA) is 177 Å². The largest absolute Gasteiger partial charge is 0.512 e. The van der Waals surface area contributed by atoms with Gasteiger partial charge in [-0.1, -0.05) is 134 Å². The molecule has 0 atom stereocenters. The maximum Gasteiger partial charge on any atom is 0.227 e. The number of hydrogen-bond donors (Lipinski definition) is 3. The molecule has 14 rings (SSSR count). The second-order valence-corrected chi connectivity index (χ2v) is 30.6. The number of benzene rings is 6. The van der Waals surface area contributed by atoms with Crippen LogP contribution in [-0.2, 0) is 80.1 Å². The zero-order chi connectivity index (χ0) is 77.1. The van der Waals surface area contributed by atoms with Crippen LogP contribution in [0.5, 0.6) is 0 Å². The number of aromatic nitrogens is 4. The van der Waals surface area contributed by atoms with Crippen molar-refractivity contribution in [3.8, 4) is 65.1 Å². The monoisotopic (exact) mass is 2050 g/mol. The van der Waals surface area contributed by atoms with Crippen molar-refractivity contribution in [1.29, 1.82) is 0 Å². The van der Waals surface area contributed by atoms with Crippen molar-refractivity contribution < 1.29 is 94.4 Å². The average molecular weight is 2050 g/mol. The number of carbonyl (C=O) groups is 3. The van der Waals surface area contributed by atoms with E-state index < -0.39 is 0 Å². The Morgan fingerprint density at radius 1 is 0.482 bits per heavy atom. The first-order chi connectivity index (χ1) is 51.2. The maximum atomic E-state index is 11.7. The number of nitrogens with zero attached hydrogens (tertiary/aromatic N) is 4. The number of rotatable bonds is 15. The number of allylic oxidation sites excluding steroid dienone is 6. The Balaban J connectivity index is 0.000000219. The van der Waals surface area contributed by atoms with E-state index in [1.807, 2.05) is 83.1 Å². The fourth-order valence-electron chi connectivity index (χ4n) is 12.1.